The number of aliphatic hydroxyl groups excluding tert-OH is 1. The molecule has 3 aliphatic heterocycles. The van der Waals surface area contributed by atoms with E-state index in [1.54, 1.807) is 27.6 Å². The van der Waals surface area contributed by atoms with Gasteiger partial charge in [0.2, 0.25) is 11.8 Å². The van der Waals surface area contributed by atoms with Gasteiger partial charge in [-0.3, -0.25) is 14.4 Å². The second-order valence-electron chi connectivity index (χ2n) is 10.2. The van der Waals surface area contributed by atoms with Crippen molar-refractivity contribution in [2.75, 3.05) is 19.7 Å². The van der Waals surface area contributed by atoms with Crippen molar-refractivity contribution in [1.82, 2.24) is 9.80 Å². The molecule has 0 aromatic rings. The van der Waals surface area contributed by atoms with Crippen LogP contribution in [-0.4, -0.2) is 79.1 Å². The van der Waals surface area contributed by atoms with E-state index < -0.39 is 39.4 Å². The smallest absolute Gasteiger partial charge is 0.308 e. The number of carboxylic acid groups (broad SMARTS) is 1. The van der Waals surface area contributed by atoms with E-state index in [4.69, 9.17) is 0 Å². The number of unbranched alkanes of at least 4 members (excludes halogenated alkanes) is 2. The van der Waals surface area contributed by atoms with Gasteiger partial charge in [0.15, 0.2) is 0 Å². The Labute approximate surface area is 202 Å². The third kappa shape index (κ3) is 4.11. The lowest BCUT2D eigenvalue weighted by molar-refractivity contribution is -0.151. The van der Waals surface area contributed by atoms with E-state index in [1.807, 2.05) is 20.8 Å². The Morgan fingerprint density at radius 2 is 2.03 bits per heavy atom. The van der Waals surface area contributed by atoms with Crippen LogP contribution in [0.25, 0.3) is 0 Å². The number of carbonyl (C=O) groups is 3. The maximum Gasteiger partial charge on any atom is 0.308 e. The molecule has 3 aliphatic rings. The van der Waals surface area contributed by atoms with Gasteiger partial charge >= 0.3 is 5.97 Å². The lowest BCUT2D eigenvalue weighted by Crippen LogP contribution is -2.58. The van der Waals surface area contributed by atoms with Gasteiger partial charge in [-0.2, -0.15) is 0 Å². The van der Waals surface area contributed by atoms with E-state index in [0.717, 1.165) is 25.7 Å². The van der Waals surface area contributed by atoms with Crippen LogP contribution in [0.3, 0.4) is 0 Å². The summed E-state index contributed by atoms with van der Waals surface area (Å²) in [5.74, 6) is -2.96. The number of carboxylic acids is 1. The number of thioether (sulfide) groups is 1. The summed E-state index contributed by atoms with van der Waals surface area (Å²) in [5, 5.41) is 20.4. The maximum absolute atomic E-state index is 14.2. The quantitative estimate of drug-likeness (QED) is 0.329. The van der Waals surface area contributed by atoms with Crippen molar-refractivity contribution in [3.8, 4) is 0 Å². The molecule has 8 heteroatoms. The van der Waals surface area contributed by atoms with Crippen LogP contribution >= 0.6 is 11.8 Å². The normalized spacial score (nSPS) is 34.3. The monoisotopic (exact) mass is 480 g/mol. The minimum atomic E-state index is -0.965. The van der Waals surface area contributed by atoms with E-state index in [-0.39, 0.29) is 24.3 Å². The molecule has 0 radical (unpaired) electrons. The number of nitrogens with zero attached hydrogens (tertiary/aromatic N) is 2. The van der Waals surface area contributed by atoms with Crippen LogP contribution in [0.4, 0.5) is 0 Å². The molecule has 3 heterocycles. The molecule has 7 atom stereocenters. The van der Waals surface area contributed by atoms with Crippen molar-refractivity contribution in [2.45, 2.75) is 87.8 Å². The molecule has 2 bridgehead atoms. The second kappa shape index (κ2) is 9.98. The van der Waals surface area contributed by atoms with Gasteiger partial charge in [-0.15, -0.1) is 18.3 Å². The number of amides is 2. The molecule has 2 N–H and O–H groups in total. The van der Waals surface area contributed by atoms with Crippen molar-refractivity contribution in [3.63, 3.8) is 0 Å². The molecule has 2 unspecified atom stereocenters. The van der Waals surface area contributed by atoms with E-state index in [2.05, 4.69) is 13.5 Å². The van der Waals surface area contributed by atoms with Gasteiger partial charge in [0.25, 0.3) is 0 Å². The van der Waals surface area contributed by atoms with Crippen LogP contribution in [0.1, 0.15) is 66.2 Å². The number of fused-ring (bicyclic) bond motifs is 1. The number of aliphatic carboxylic acids is 1. The van der Waals surface area contributed by atoms with Crippen LogP contribution in [0.15, 0.2) is 12.7 Å². The van der Waals surface area contributed by atoms with Gasteiger partial charge in [-0.05, 0) is 32.1 Å². The molecule has 3 saturated heterocycles. The standard InChI is InChI=1S/C25H40N2O5S/c1-6-9-10-14-26(13-7-2)22(30)20-25-12-11-24(5,33-25)19(23(31)32)18(25)21(29)27(20)17(15-28)16(4)8-3/h7,16-20,28H,2,6,8-15H2,1,3-5H3,(H,31,32)/t16-,17-,18-,19+,20?,24-,25?/m0/s1. The van der Waals surface area contributed by atoms with Crippen LogP contribution < -0.4 is 0 Å². The molecule has 0 saturated carbocycles. The zero-order valence-electron chi connectivity index (χ0n) is 20.5. The Balaban J connectivity index is 2.09. The number of aliphatic hydroxyl groups is 1. The summed E-state index contributed by atoms with van der Waals surface area (Å²) in [5.41, 5.74) is 0. The van der Waals surface area contributed by atoms with E-state index in [0.29, 0.717) is 25.9 Å². The van der Waals surface area contributed by atoms with Crippen molar-refractivity contribution in [3.05, 3.63) is 12.7 Å². The molecular formula is C25H40N2O5S. The van der Waals surface area contributed by atoms with Crippen molar-refractivity contribution >= 4 is 29.5 Å². The third-order valence-corrected chi connectivity index (χ3v) is 10.2. The van der Waals surface area contributed by atoms with Crippen molar-refractivity contribution in [2.24, 2.45) is 17.8 Å². The Bertz CT molecular complexity index is 791. The fourth-order valence-corrected chi connectivity index (χ4v) is 8.69. The molecule has 1 spiro atoms. The highest BCUT2D eigenvalue weighted by molar-refractivity contribution is 8.02. The summed E-state index contributed by atoms with van der Waals surface area (Å²) in [6.07, 6.45) is 6.65. The summed E-state index contributed by atoms with van der Waals surface area (Å²) in [7, 11) is 0. The van der Waals surface area contributed by atoms with Crippen molar-refractivity contribution < 1.29 is 24.6 Å². The highest BCUT2D eigenvalue weighted by Crippen LogP contribution is 2.71. The summed E-state index contributed by atoms with van der Waals surface area (Å²) in [6.45, 7) is 12.6. The Hall–Kier alpha value is -1.54. The molecule has 0 aliphatic carbocycles. The van der Waals surface area contributed by atoms with Gasteiger partial charge in [0.1, 0.15) is 6.04 Å². The Morgan fingerprint density at radius 1 is 1.33 bits per heavy atom. The Kier molecular flexibility index (Phi) is 7.89. The average Bonchev–Trinajstić information content (AvgIpc) is 3.34. The summed E-state index contributed by atoms with van der Waals surface area (Å²) in [4.78, 5) is 43.9. The molecule has 33 heavy (non-hydrogen) atoms. The fraction of sp³-hybridized carbons (Fsp3) is 0.800. The number of rotatable bonds is 12. The molecular weight excluding hydrogens is 440 g/mol. The molecule has 7 nitrogen and oxygen atoms in total. The van der Waals surface area contributed by atoms with E-state index in [1.165, 1.54) is 0 Å². The fourth-order valence-electron chi connectivity index (χ4n) is 6.36. The second-order valence-corrected chi connectivity index (χ2v) is 12.1. The lowest BCUT2D eigenvalue weighted by Gasteiger charge is -2.41. The van der Waals surface area contributed by atoms with Gasteiger partial charge in [0.05, 0.1) is 29.2 Å². The first-order valence-electron chi connectivity index (χ1n) is 12.4. The SMILES string of the molecule is C=CCN(CCCCC)C(=O)C1N([C@@H](CO)[C@@H](C)CC)C(=O)[C@@H]2[C@H](C(=O)O)[C@]3(C)CCC12S3. The summed E-state index contributed by atoms with van der Waals surface area (Å²) in [6, 6.07) is -1.28. The first-order valence-corrected chi connectivity index (χ1v) is 13.2. The van der Waals surface area contributed by atoms with E-state index >= 15 is 0 Å². The van der Waals surface area contributed by atoms with Crippen LogP contribution in [-0.2, 0) is 14.4 Å². The van der Waals surface area contributed by atoms with Crippen LogP contribution in [0, 0.1) is 17.8 Å². The zero-order chi connectivity index (χ0) is 24.6. The van der Waals surface area contributed by atoms with Crippen molar-refractivity contribution in [1.29, 1.82) is 0 Å². The number of hydrogen-bond donors (Lipinski definition) is 2. The Morgan fingerprint density at radius 3 is 2.58 bits per heavy atom. The molecule has 0 aromatic carbocycles. The highest BCUT2D eigenvalue weighted by Gasteiger charge is 2.78. The van der Waals surface area contributed by atoms with Gasteiger partial charge in [0, 0.05) is 17.8 Å². The van der Waals surface area contributed by atoms with Gasteiger partial charge in [-0.1, -0.05) is 46.1 Å². The summed E-state index contributed by atoms with van der Waals surface area (Å²) < 4.78 is -1.33. The third-order valence-electron chi connectivity index (χ3n) is 8.25. The van der Waals surface area contributed by atoms with Crippen LogP contribution in [0.5, 0.6) is 0 Å². The minimum absolute atomic E-state index is 0.0153. The predicted octanol–water partition coefficient (Wildman–Crippen LogP) is 3.16. The minimum Gasteiger partial charge on any atom is -0.481 e. The zero-order valence-corrected chi connectivity index (χ0v) is 21.3. The molecule has 3 fully saturated rings. The molecule has 0 aromatic heterocycles. The first kappa shape index (κ1) is 26.1. The molecule has 186 valence electrons. The van der Waals surface area contributed by atoms with Gasteiger partial charge < -0.3 is 20.0 Å². The number of hydrogen-bond acceptors (Lipinski definition) is 5. The average molecular weight is 481 g/mol. The highest BCUT2D eigenvalue weighted by atomic mass is 32.2. The van der Waals surface area contributed by atoms with Gasteiger partial charge in [-0.25, -0.2) is 0 Å². The summed E-state index contributed by atoms with van der Waals surface area (Å²) >= 11 is 1.54. The first-order chi connectivity index (χ1) is 15.6. The number of likely N-dealkylation sites (tertiary alicyclic amines) is 1. The van der Waals surface area contributed by atoms with Crippen LogP contribution in [0.2, 0.25) is 0 Å². The lowest BCUT2D eigenvalue weighted by atomic mass is 9.66. The molecule has 2 amide bonds. The largest absolute Gasteiger partial charge is 0.481 e. The topological polar surface area (TPSA) is 98.2 Å². The predicted molar refractivity (Wildman–Crippen MR) is 130 cm³/mol. The van der Waals surface area contributed by atoms with E-state index in [9.17, 15) is 24.6 Å². The molecule has 3 rings (SSSR count). The maximum atomic E-state index is 14.2. The number of carbonyl (C=O) groups excluding carboxylic acids is 2.